The van der Waals surface area contributed by atoms with Gasteiger partial charge in [-0.05, 0) is 20.3 Å². The van der Waals surface area contributed by atoms with Gasteiger partial charge in [-0.25, -0.2) is 9.78 Å². The highest BCUT2D eigenvalue weighted by Gasteiger charge is 2.29. The zero-order valence-corrected chi connectivity index (χ0v) is 13.3. The Morgan fingerprint density at radius 3 is 2.90 bits per heavy atom. The Morgan fingerprint density at radius 1 is 1.48 bits per heavy atom. The molecule has 0 spiro atoms. The SMILES string of the molecule is CCn1cnnc1CNC(=O)N[C@@](C)(CC)c1nccs1. The van der Waals surface area contributed by atoms with Crippen molar-refractivity contribution in [3.63, 3.8) is 0 Å². The minimum Gasteiger partial charge on any atom is -0.331 e. The van der Waals surface area contributed by atoms with E-state index in [1.807, 2.05) is 30.7 Å². The standard InChI is InChI=1S/C13H20N6OS/c1-4-13(3,11-14-6-7-21-11)17-12(20)15-8-10-18-16-9-19(10)5-2/h6-7,9H,4-5,8H2,1-3H3,(H2,15,17,20)/t13-/m0/s1. The van der Waals surface area contributed by atoms with Crippen LogP contribution in [0, 0.1) is 0 Å². The molecule has 2 aromatic heterocycles. The minimum atomic E-state index is -0.462. The topological polar surface area (TPSA) is 84.7 Å². The third-order valence-corrected chi connectivity index (χ3v) is 4.48. The average Bonchev–Trinajstić information content (AvgIpc) is 3.15. The number of nitrogens with one attached hydrogen (secondary N) is 2. The first kappa shape index (κ1) is 15.4. The van der Waals surface area contributed by atoms with Crippen molar-refractivity contribution in [2.45, 2.75) is 45.8 Å². The summed E-state index contributed by atoms with van der Waals surface area (Å²) in [6.07, 6.45) is 4.16. The van der Waals surface area contributed by atoms with Gasteiger partial charge in [-0.15, -0.1) is 21.5 Å². The molecule has 1 atom stereocenters. The zero-order valence-electron chi connectivity index (χ0n) is 12.5. The molecule has 7 nitrogen and oxygen atoms in total. The van der Waals surface area contributed by atoms with Crippen LogP contribution in [0.15, 0.2) is 17.9 Å². The number of hydrogen-bond donors (Lipinski definition) is 2. The fraction of sp³-hybridized carbons (Fsp3) is 0.538. The van der Waals surface area contributed by atoms with E-state index in [0.29, 0.717) is 6.54 Å². The first-order valence-electron chi connectivity index (χ1n) is 6.91. The Labute approximate surface area is 127 Å². The number of carbonyl (C=O) groups excluding carboxylic acids is 1. The van der Waals surface area contributed by atoms with Gasteiger partial charge in [0.15, 0.2) is 5.82 Å². The smallest absolute Gasteiger partial charge is 0.315 e. The Hall–Kier alpha value is -1.96. The van der Waals surface area contributed by atoms with Crippen LogP contribution in [-0.4, -0.2) is 25.8 Å². The van der Waals surface area contributed by atoms with Gasteiger partial charge in [-0.1, -0.05) is 6.92 Å². The van der Waals surface area contributed by atoms with Crippen LogP contribution in [0.2, 0.25) is 0 Å². The second kappa shape index (κ2) is 6.66. The summed E-state index contributed by atoms with van der Waals surface area (Å²) in [5.74, 6) is 0.736. The van der Waals surface area contributed by atoms with Crippen molar-refractivity contribution >= 4 is 17.4 Å². The predicted molar refractivity (Wildman–Crippen MR) is 80.8 cm³/mol. The number of amides is 2. The lowest BCUT2D eigenvalue weighted by Crippen LogP contribution is -2.47. The van der Waals surface area contributed by atoms with Crippen LogP contribution in [0.1, 0.15) is 38.0 Å². The summed E-state index contributed by atoms with van der Waals surface area (Å²) >= 11 is 1.54. The van der Waals surface area contributed by atoms with Crippen molar-refractivity contribution < 1.29 is 4.79 Å². The maximum absolute atomic E-state index is 12.1. The monoisotopic (exact) mass is 308 g/mol. The van der Waals surface area contributed by atoms with Crippen LogP contribution in [0.3, 0.4) is 0 Å². The molecule has 114 valence electrons. The highest BCUT2D eigenvalue weighted by molar-refractivity contribution is 7.09. The van der Waals surface area contributed by atoms with Crippen molar-refractivity contribution in [3.05, 3.63) is 28.7 Å². The minimum absolute atomic E-state index is 0.236. The number of aryl methyl sites for hydroxylation is 1. The Kier molecular flexibility index (Phi) is 4.89. The summed E-state index contributed by atoms with van der Waals surface area (Å²) in [7, 11) is 0. The lowest BCUT2D eigenvalue weighted by molar-refractivity contribution is 0.225. The van der Waals surface area contributed by atoms with E-state index in [0.717, 1.165) is 23.8 Å². The third-order valence-electron chi connectivity index (χ3n) is 3.44. The van der Waals surface area contributed by atoms with Crippen LogP contribution in [-0.2, 0) is 18.6 Å². The van der Waals surface area contributed by atoms with E-state index in [-0.39, 0.29) is 6.03 Å². The van der Waals surface area contributed by atoms with Gasteiger partial charge >= 0.3 is 6.03 Å². The van der Waals surface area contributed by atoms with Crippen LogP contribution in [0.25, 0.3) is 0 Å². The van der Waals surface area contributed by atoms with Gasteiger partial charge in [0.25, 0.3) is 0 Å². The molecule has 21 heavy (non-hydrogen) atoms. The molecule has 2 N–H and O–H groups in total. The average molecular weight is 308 g/mol. The molecule has 2 heterocycles. The molecule has 0 radical (unpaired) electrons. The van der Waals surface area contributed by atoms with E-state index in [1.54, 1.807) is 12.5 Å². The van der Waals surface area contributed by atoms with E-state index in [1.165, 1.54) is 11.3 Å². The molecule has 0 aromatic carbocycles. The van der Waals surface area contributed by atoms with Crippen LogP contribution in [0.4, 0.5) is 4.79 Å². The fourth-order valence-corrected chi connectivity index (χ4v) is 2.75. The number of hydrogen-bond acceptors (Lipinski definition) is 5. The summed E-state index contributed by atoms with van der Waals surface area (Å²) in [6, 6.07) is -0.236. The van der Waals surface area contributed by atoms with E-state index < -0.39 is 5.54 Å². The summed E-state index contributed by atoms with van der Waals surface area (Å²) in [6.45, 7) is 7.12. The second-order valence-electron chi connectivity index (χ2n) is 4.86. The van der Waals surface area contributed by atoms with Gasteiger partial charge in [0.05, 0.1) is 12.1 Å². The molecule has 0 aliphatic rings. The number of aromatic nitrogens is 4. The van der Waals surface area contributed by atoms with Gasteiger partial charge < -0.3 is 15.2 Å². The lowest BCUT2D eigenvalue weighted by atomic mass is 10.0. The second-order valence-corrected chi connectivity index (χ2v) is 5.76. The van der Waals surface area contributed by atoms with Crippen molar-refractivity contribution in [2.75, 3.05) is 0 Å². The molecule has 0 unspecified atom stereocenters. The summed E-state index contributed by atoms with van der Waals surface area (Å²) in [4.78, 5) is 16.4. The Bertz CT molecular complexity index is 581. The molecule has 0 aliphatic carbocycles. The maximum atomic E-state index is 12.1. The lowest BCUT2D eigenvalue weighted by Gasteiger charge is -2.27. The highest BCUT2D eigenvalue weighted by atomic mass is 32.1. The summed E-state index contributed by atoms with van der Waals surface area (Å²) < 4.78 is 1.89. The molecule has 2 amide bonds. The molecule has 8 heteroatoms. The van der Waals surface area contributed by atoms with E-state index in [2.05, 4.69) is 25.8 Å². The number of urea groups is 1. The number of nitrogens with zero attached hydrogens (tertiary/aromatic N) is 4. The summed E-state index contributed by atoms with van der Waals surface area (Å²) in [5.41, 5.74) is -0.462. The normalized spacial score (nSPS) is 13.7. The first-order valence-corrected chi connectivity index (χ1v) is 7.79. The Balaban J connectivity index is 1.95. The molecule has 2 rings (SSSR count). The summed E-state index contributed by atoms with van der Waals surface area (Å²) in [5, 5.41) is 16.4. The first-order chi connectivity index (χ1) is 10.1. The van der Waals surface area contributed by atoms with E-state index >= 15 is 0 Å². The molecule has 0 fully saturated rings. The highest BCUT2D eigenvalue weighted by Crippen LogP contribution is 2.25. The Morgan fingerprint density at radius 2 is 2.29 bits per heavy atom. The molecular formula is C13H20N6OS. The number of carbonyl (C=O) groups is 1. The van der Waals surface area contributed by atoms with Crippen molar-refractivity contribution in [2.24, 2.45) is 0 Å². The van der Waals surface area contributed by atoms with Crippen LogP contribution in [0.5, 0.6) is 0 Å². The van der Waals surface area contributed by atoms with Crippen molar-refractivity contribution in [1.29, 1.82) is 0 Å². The van der Waals surface area contributed by atoms with Gasteiger partial charge in [-0.3, -0.25) is 0 Å². The quantitative estimate of drug-likeness (QED) is 0.853. The maximum Gasteiger partial charge on any atom is 0.315 e. The molecule has 0 saturated carbocycles. The van der Waals surface area contributed by atoms with E-state index in [9.17, 15) is 4.79 Å². The largest absolute Gasteiger partial charge is 0.331 e. The molecule has 0 bridgehead atoms. The predicted octanol–water partition coefficient (Wildman–Crippen LogP) is 1.88. The zero-order chi connectivity index (χ0) is 15.3. The third kappa shape index (κ3) is 3.57. The number of thiazole rings is 1. The van der Waals surface area contributed by atoms with Crippen LogP contribution < -0.4 is 10.6 Å². The molecule has 0 aliphatic heterocycles. The molecular weight excluding hydrogens is 288 g/mol. The van der Waals surface area contributed by atoms with Gasteiger partial charge in [-0.2, -0.15) is 0 Å². The number of rotatable bonds is 6. The molecule has 0 saturated heterocycles. The van der Waals surface area contributed by atoms with E-state index in [4.69, 9.17) is 0 Å². The fourth-order valence-electron chi connectivity index (χ4n) is 1.92. The van der Waals surface area contributed by atoms with Gasteiger partial charge in [0.1, 0.15) is 11.3 Å². The molecule has 2 aromatic rings. The van der Waals surface area contributed by atoms with Gasteiger partial charge in [0.2, 0.25) is 0 Å². The van der Waals surface area contributed by atoms with Crippen molar-refractivity contribution in [1.82, 2.24) is 30.4 Å². The van der Waals surface area contributed by atoms with Gasteiger partial charge in [0, 0.05) is 18.1 Å². The van der Waals surface area contributed by atoms with Crippen molar-refractivity contribution in [3.8, 4) is 0 Å². The van der Waals surface area contributed by atoms with Crippen LogP contribution >= 0.6 is 11.3 Å².